The lowest BCUT2D eigenvalue weighted by Gasteiger charge is -2.28. The Kier molecular flexibility index (Phi) is 2.97. The van der Waals surface area contributed by atoms with E-state index in [1.165, 1.54) is 0 Å². The Morgan fingerprint density at radius 1 is 1.50 bits per heavy atom. The van der Waals surface area contributed by atoms with E-state index in [0.29, 0.717) is 13.2 Å². The number of ether oxygens (including phenoxy) is 1. The molecule has 18 heavy (non-hydrogen) atoms. The molecule has 0 saturated carbocycles. The van der Waals surface area contributed by atoms with Gasteiger partial charge in [-0.3, -0.25) is 4.90 Å². The molecule has 0 amide bonds. The first kappa shape index (κ1) is 11.2. The SMILES string of the molecule is N#CC1CN(Cc2cn3ccccc3n2)CCO1. The van der Waals surface area contributed by atoms with Crippen LogP contribution in [0.4, 0.5) is 0 Å². The fourth-order valence-electron chi connectivity index (χ4n) is 2.22. The minimum absolute atomic E-state index is 0.309. The number of rotatable bonds is 2. The van der Waals surface area contributed by atoms with Gasteiger partial charge in [-0.1, -0.05) is 6.07 Å². The maximum Gasteiger partial charge on any atom is 0.156 e. The second-order valence-electron chi connectivity index (χ2n) is 4.42. The molecule has 2 aromatic rings. The molecule has 92 valence electrons. The van der Waals surface area contributed by atoms with E-state index < -0.39 is 0 Å². The maximum atomic E-state index is 8.87. The van der Waals surface area contributed by atoms with Crippen LogP contribution in [0.15, 0.2) is 30.6 Å². The van der Waals surface area contributed by atoms with Crippen molar-refractivity contribution in [3.05, 3.63) is 36.3 Å². The number of hydrogen-bond acceptors (Lipinski definition) is 4. The van der Waals surface area contributed by atoms with Crippen molar-refractivity contribution in [2.75, 3.05) is 19.7 Å². The molecule has 0 N–H and O–H groups in total. The van der Waals surface area contributed by atoms with Gasteiger partial charge in [-0.05, 0) is 12.1 Å². The van der Waals surface area contributed by atoms with Crippen molar-refractivity contribution < 1.29 is 4.74 Å². The average molecular weight is 242 g/mol. The number of morpholine rings is 1. The maximum absolute atomic E-state index is 8.87. The summed E-state index contributed by atoms with van der Waals surface area (Å²) in [7, 11) is 0. The molecule has 0 spiro atoms. The van der Waals surface area contributed by atoms with Crippen molar-refractivity contribution in [1.82, 2.24) is 14.3 Å². The van der Waals surface area contributed by atoms with Gasteiger partial charge < -0.3 is 9.14 Å². The molecule has 1 unspecified atom stereocenters. The molecule has 0 aliphatic carbocycles. The van der Waals surface area contributed by atoms with Crippen LogP contribution in [-0.4, -0.2) is 40.1 Å². The highest BCUT2D eigenvalue weighted by molar-refractivity contribution is 5.39. The van der Waals surface area contributed by atoms with Crippen LogP contribution in [0.2, 0.25) is 0 Å². The molecule has 2 aromatic heterocycles. The van der Waals surface area contributed by atoms with Gasteiger partial charge in [0, 0.05) is 32.0 Å². The monoisotopic (exact) mass is 242 g/mol. The number of imidazole rings is 1. The first-order valence-corrected chi connectivity index (χ1v) is 6.01. The van der Waals surface area contributed by atoms with Crippen LogP contribution in [-0.2, 0) is 11.3 Å². The van der Waals surface area contributed by atoms with Gasteiger partial charge in [0.25, 0.3) is 0 Å². The molecule has 1 aliphatic heterocycles. The van der Waals surface area contributed by atoms with Crippen LogP contribution in [0.25, 0.3) is 5.65 Å². The van der Waals surface area contributed by atoms with Gasteiger partial charge in [0.05, 0.1) is 18.4 Å². The molecular formula is C13H14N4O. The van der Waals surface area contributed by atoms with Crippen LogP contribution in [0.3, 0.4) is 0 Å². The fourth-order valence-corrected chi connectivity index (χ4v) is 2.22. The molecule has 0 radical (unpaired) electrons. The van der Waals surface area contributed by atoms with Crippen molar-refractivity contribution >= 4 is 5.65 Å². The molecule has 0 bridgehead atoms. The average Bonchev–Trinajstić information content (AvgIpc) is 2.81. The first-order valence-electron chi connectivity index (χ1n) is 6.01. The smallest absolute Gasteiger partial charge is 0.156 e. The van der Waals surface area contributed by atoms with E-state index in [1.807, 2.05) is 35.0 Å². The Balaban J connectivity index is 1.74. The molecule has 1 aliphatic rings. The molecule has 1 saturated heterocycles. The van der Waals surface area contributed by atoms with Gasteiger partial charge in [-0.25, -0.2) is 4.98 Å². The van der Waals surface area contributed by atoms with Crippen molar-refractivity contribution in [2.24, 2.45) is 0 Å². The summed E-state index contributed by atoms with van der Waals surface area (Å²) in [4.78, 5) is 6.76. The van der Waals surface area contributed by atoms with Crippen LogP contribution in [0.1, 0.15) is 5.69 Å². The zero-order valence-electron chi connectivity index (χ0n) is 9.99. The number of nitriles is 1. The highest BCUT2D eigenvalue weighted by Gasteiger charge is 2.20. The van der Waals surface area contributed by atoms with Crippen LogP contribution in [0, 0.1) is 11.3 Å². The van der Waals surface area contributed by atoms with E-state index >= 15 is 0 Å². The number of fused-ring (bicyclic) bond motifs is 1. The topological polar surface area (TPSA) is 53.6 Å². The molecule has 5 nitrogen and oxygen atoms in total. The summed E-state index contributed by atoms with van der Waals surface area (Å²) in [5.74, 6) is 0. The van der Waals surface area contributed by atoms with Crippen molar-refractivity contribution in [1.29, 1.82) is 5.26 Å². The van der Waals surface area contributed by atoms with Gasteiger partial charge >= 0.3 is 0 Å². The van der Waals surface area contributed by atoms with Gasteiger partial charge in [-0.15, -0.1) is 0 Å². The number of aromatic nitrogens is 2. The quantitative estimate of drug-likeness (QED) is 0.790. The molecule has 3 heterocycles. The third kappa shape index (κ3) is 2.21. The van der Waals surface area contributed by atoms with Crippen LogP contribution >= 0.6 is 0 Å². The van der Waals surface area contributed by atoms with Crippen molar-refractivity contribution in [3.8, 4) is 6.07 Å². The predicted octanol–water partition coefficient (Wildman–Crippen LogP) is 1.06. The number of pyridine rings is 1. The molecule has 5 heteroatoms. The highest BCUT2D eigenvalue weighted by Crippen LogP contribution is 2.11. The summed E-state index contributed by atoms with van der Waals surface area (Å²) in [6.07, 6.45) is 3.71. The van der Waals surface area contributed by atoms with E-state index in [2.05, 4.69) is 16.0 Å². The summed E-state index contributed by atoms with van der Waals surface area (Å²) in [5.41, 5.74) is 1.98. The molecule has 1 atom stereocenters. The second-order valence-corrected chi connectivity index (χ2v) is 4.42. The second kappa shape index (κ2) is 4.77. The minimum atomic E-state index is -0.309. The largest absolute Gasteiger partial charge is 0.361 e. The van der Waals surface area contributed by atoms with Gasteiger partial charge in [-0.2, -0.15) is 5.26 Å². The fraction of sp³-hybridized carbons (Fsp3) is 0.385. The zero-order valence-corrected chi connectivity index (χ0v) is 9.99. The Labute approximate surface area is 105 Å². The third-order valence-corrected chi connectivity index (χ3v) is 3.09. The number of hydrogen-bond donors (Lipinski definition) is 0. The lowest BCUT2D eigenvalue weighted by atomic mass is 10.3. The highest BCUT2D eigenvalue weighted by atomic mass is 16.5. The van der Waals surface area contributed by atoms with Gasteiger partial charge in [0.15, 0.2) is 6.10 Å². The summed E-state index contributed by atoms with van der Waals surface area (Å²) < 4.78 is 7.34. The van der Waals surface area contributed by atoms with E-state index in [4.69, 9.17) is 10.00 Å². The third-order valence-electron chi connectivity index (χ3n) is 3.09. The summed E-state index contributed by atoms with van der Waals surface area (Å²) in [5, 5.41) is 8.87. The predicted molar refractivity (Wildman–Crippen MR) is 65.8 cm³/mol. The van der Waals surface area contributed by atoms with Crippen LogP contribution < -0.4 is 0 Å². The van der Waals surface area contributed by atoms with E-state index in [-0.39, 0.29) is 6.10 Å². The minimum Gasteiger partial charge on any atom is -0.361 e. The van der Waals surface area contributed by atoms with Crippen LogP contribution in [0.5, 0.6) is 0 Å². The Hall–Kier alpha value is -1.90. The Morgan fingerprint density at radius 3 is 3.28 bits per heavy atom. The van der Waals surface area contributed by atoms with Gasteiger partial charge in [0.2, 0.25) is 0 Å². The van der Waals surface area contributed by atoms with Crippen molar-refractivity contribution in [3.63, 3.8) is 0 Å². The molecule has 3 rings (SSSR count). The van der Waals surface area contributed by atoms with E-state index in [1.54, 1.807) is 0 Å². The first-order chi connectivity index (χ1) is 8.85. The van der Waals surface area contributed by atoms with Crippen molar-refractivity contribution in [2.45, 2.75) is 12.6 Å². The lowest BCUT2D eigenvalue weighted by Crippen LogP contribution is -2.41. The normalized spacial score (nSPS) is 20.9. The van der Waals surface area contributed by atoms with E-state index in [9.17, 15) is 0 Å². The number of nitrogens with zero attached hydrogens (tertiary/aromatic N) is 4. The molecular weight excluding hydrogens is 228 g/mol. The molecule has 1 fully saturated rings. The Bertz CT molecular complexity index is 553. The van der Waals surface area contributed by atoms with E-state index in [0.717, 1.165) is 24.4 Å². The summed E-state index contributed by atoms with van der Waals surface area (Å²) >= 11 is 0. The lowest BCUT2D eigenvalue weighted by molar-refractivity contribution is -0.00306. The molecule has 0 aromatic carbocycles. The van der Waals surface area contributed by atoms with Gasteiger partial charge in [0.1, 0.15) is 5.65 Å². The summed E-state index contributed by atoms with van der Waals surface area (Å²) in [6.45, 7) is 2.89. The summed E-state index contributed by atoms with van der Waals surface area (Å²) in [6, 6.07) is 8.11. The standard InChI is InChI=1S/C13H14N4O/c14-7-12-10-16(5-6-18-12)8-11-9-17-4-2-1-3-13(17)15-11/h1-4,9,12H,5-6,8,10H2. The zero-order chi connectivity index (χ0) is 12.4. The Morgan fingerprint density at radius 2 is 2.44 bits per heavy atom.